The van der Waals surface area contributed by atoms with Crippen molar-refractivity contribution in [3.8, 4) is 0 Å². The number of thiophene rings is 1. The Kier molecular flexibility index (Phi) is 5.70. The summed E-state index contributed by atoms with van der Waals surface area (Å²) in [6.07, 6.45) is -4.57. The highest BCUT2D eigenvalue weighted by atomic mass is 35.5. The van der Waals surface area contributed by atoms with Crippen LogP contribution in [0.3, 0.4) is 0 Å². The van der Waals surface area contributed by atoms with E-state index >= 15 is 0 Å². The van der Waals surface area contributed by atoms with Crippen molar-refractivity contribution >= 4 is 44.7 Å². The fourth-order valence-electron chi connectivity index (χ4n) is 2.76. The van der Waals surface area contributed by atoms with Crippen molar-refractivity contribution in [3.05, 3.63) is 55.4 Å². The minimum Gasteiger partial charge on any atom is -0.320 e. The minimum atomic E-state index is -4.57. The number of aromatic amines is 1. The molecular formula is C18H16ClF3N4O2S. The van der Waals surface area contributed by atoms with E-state index in [4.69, 9.17) is 11.6 Å². The molecule has 2 N–H and O–H groups in total. The molecule has 29 heavy (non-hydrogen) atoms. The van der Waals surface area contributed by atoms with Crippen LogP contribution in [0.15, 0.2) is 23.0 Å². The highest BCUT2D eigenvalue weighted by molar-refractivity contribution is 7.20. The van der Waals surface area contributed by atoms with Crippen LogP contribution in [0.5, 0.6) is 0 Å². The molecule has 0 atom stereocenters. The third-order valence-corrected chi connectivity index (χ3v) is 5.58. The zero-order valence-electron chi connectivity index (χ0n) is 15.6. The van der Waals surface area contributed by atoms with E-state index in [0.29, 0.717) is 22.8 Å². The van der Waals surface area contributed by atoms with Gasteiger partial charge in [0.2, 0.25) is 0 Å². The van der Waals surface area contributed by atoms with Gasteiger partial charge in [-0.1, -0.05) is 11.6 Å². The maximum absolute atomic E-state index is 12.9. The van der Waals surface area contributed by atoms with Crippen molar-refractivity contribution in [1.82, 2.24) is 14.9 Å². The van der Waals surface area contributed by atoms with Gasteiger partial charge in [0, 0.05) is 0 Å². The molecule has 3 rings (SSSR count). The molecule has 0 aliphatic rings. The summed E-state index contributed by atoms with van der Waals surface area (Å²) in [5.74, 6) is -0.220. The van der Waals surface area contributed by atoms with Gasteiger partial charge in [0.15, 0.2) is 0 Å². The lowest BCUT2D eigenvalue weighted by Crippen LogP contribution is -2.18. The van der Waals surface area contributed by atoms with Gasteiger partial charge >= 0.3 is 6.18 Å². The summed E-state index contributed by atoms with van der Waals surface area (Å²) in [5, 5.41) is 2.64. The van der Waals surface area contributed by atoms with Crippen LogP contribution in [0, 0.1) is 6.92 Å². The second-order valence-electron chi connectivity index (χ2n) is 6.63. The summed E-state index contributed by atoms with van der Waals surface area (Å²) in [5.41, 5.74) is -1.08. The summed E-state index contributed by atoms with van der Waals surface area (Å²) in [4.78, 5) is 34.6. The van der Waals surface area contributed by atoms with E-state index in [1.807, 2.05) is 19.0 Å². The quantitative estimate of drug-likeness (QED) is 0.629. The van der Waals surface area contributed by atoms with Gasteiger partial charge in [-0.2, -0.15) is 13.2 Å². The summed E-state index contributed by atoms with van der Waals surface area (Å²) < 4.78 is 38.8. The number of benzene rings is 1. The molecule has 2 aromatic heterocycles. The minimum absolute atomic E-state index is 0.0330. The average molecular weight is 445 g/mol. The highest BCUT2D eigenvalue weighted by Gasteiger charge is 2.31. The van der Waals surface area contributed by atoms with Gasteiger partial charge in [-0.05, 0) is 44.8 Å². The van der Waals surface area contributed by atoms with Crippen molar-refractivity contribution < 1.29 is 18.0 Å². The number of fused-ring (bicyclic) bond motifs is 1. The van der Waals surface area contributed by atoms with Gasteiger partial charge in [-0.25, -0.2) is 4.98 Å². The van der Waals surface area contributed by atoms with Crippen molar-refractivity contribution in [3.63, 3.8) is 0 Å². The summed E-state index contributed by atoms with van der Waals surface area (Å²) in [6.45, 7) is 1.99. The van der Waals surface area contributed by atoms with Crippen molar-refractivity contribution in [1.29, 1.82) is 0 Å². The molecule has 6 nitrogen and oxygen atoms in total. The predicted molar refractivity (Wildman–Crippen MR) is 107 cm³/mol. The fourth-order valence-corrected chi connectivity index (χ4v) is 4.02. The zero-order valence-corrected chi connectivity index (χ0v) is 17.1. The lowest BCUT2D eigenvalue weighted by Gasteiger charge is -2.11. The fraction of sp³-hybridized carbons (Fsp3) is 0.278. The van der Waals surface area contributed by atoms with E-state index in [-0.39, 0.29) is 26.5 Å². The van der Waals surface area contributed by atoms with E-state index < -0.39 is 17.6 Å². The first-order valence-corrected chi connectivity index (χ1v) is 9.52. The first kappa shape index (κ1) is 21.3. The third-order valence-electron chi connectivity index (χ3n) is 4.06. The summed E-state index contributed by atoms with van der Waals surface area (Å²) in [7, 11) is 3.64. The van der Waals surface area contributed by atoms with Crippen LogP contribution < -0.4 is 10.9 Å². The van der Waals surface area contributed by atoms with Gasteiger partial charge < -0.3 is 15.2 Å². The topological polar surface area (TPSA) is 78.1 Å². The molecule has 154 valence electrons. The number of nitrogens with zero attached hydrogens (tertiary/aromatic N) is 2. The van der Waals surface area contributed by atoms with Gasteiger partial charge in [0.25, 0.3) is 11.5 Å². The molecule has 11 heteroatoms. The van der Waals surface area contributed by atoms with Crippen LogP contribution in [0.1, 0.15) is 26.6 Å². The number of anilines is 1. The normalized spacial score (nSPS) is 12.0. The van der Waals surface area contributed by atoms with Gasteiger partial charge in [0.1, 0.15) is 10.7 Å². The van der Waals surface area contributed by atoms with Gasteiger partial charge in [-0.3, -0.25) is 9.59 Å². The van der Waals surface area contributed by atoms with Crippen LogP contribution in [0.4, 0.5) is 18.9 Å². The van der Waals surface area contributed by atoms with E-state index in [2.05, 4.69) is 15.3 Å². The number of hydrogen-bond acceptors (Lipinski definition) is 5. The first-order chi connectivity index (χ1) is 13.5. The highest BCUT2D eigenvalue weighted by Crippen LogP contribution is 2.35. The Morgan fingerprint density at radius 3 is 2.66 bits per heavy atom. The standard InChI is InChI=1S/C18H16ClF3N4O2S/c1-8-13-15(27)24-12(7-26(2)3)25-17(13)29-14(8)16(28)23-11-6-9(18(20,21)22)4-5-10(11)19/h4-6H,7H2,1-3H3,(H,23,28)(H,24,25,27). The molecule has 0 saturated carbocycles. The number of halogens is 4. The monoisotopic (exact) mass is 444 g/mol. The van der Waals surface area contributed by atoms with Crippen LogP contribution in [-0.4, -0.2) is 34.9 Å². The van der Waals surface area contributed by atoms with Crippen molar-refractivity contribution in [2.45, 2.75) is 19.6 Å². The summed E-state index contributed by atoms with van der Waals surface area (Å²) >= 11 is 6.94. The van der Waals surface area contributed by atoms with Crippen LogP contribution in [-0.2, 0) is 12.7 Å². The number of hydrogen-bond donors (Lipinski definition) is 2. The molecule has 0 aliphatic heterocycles. The number of carbonyl (C=O) groups is 1. The van der Waals surface area contributed by atoms with E-state index in [0.717, 1.165) is 29.5 Å². The number of H-pyrrole nitrogens is 1. The molecule has 0 spiro atoms. The van der Waals surface area contributed by atoms with Gasteiger partial charge in [-0.15, -0.1) is 11.3 Å². The zero-order chi connectivity index (χ0) is 21.5. The molecule has 3 aromatic rings. The van der Waals surface area contributed by atoms with Crippen molar-refractivity contribution in [2.75, 3.05) is 19.4 Å². The average Bonchev–Trinajstić information content (AvgIpc) is 2.92. The molecule has 0 unspecified atom stereocenters. The molecule has 1 aromatic carbocycles. The van der Waals surface area contributed by atoms with E-state index in [9.17, 15) is 22.8 Å². The SMILES string of the molecule is Cc1c(C(=O)Nc2cc(C(F)(F)F)ccc2Cl)sc2nc(CN(C)C)[nH]c(=O)c12. The Hall–Kier alpha value is -2.43. The molecule has 1 amide bonds. The first-order valence-electron chi connectivity index (χ1n) is 8.32. The Balaban J connectivity index is 1.99. The van der Waals surface area contributed by atoms with Crippen LogP contribution >= 0.6 is 22.9 Å². The molecule has 0 aliphatic carbocycles. The maximum Gasteiger partial charge on any atom is 0.416 e. The smallest absolute Gasteiger partial charge is 0.320 e. The Labute approximate surface area is 172 Å². The Morgan fingerprint density at radius 1 is 1.34 bits per heavy atom. The summed E-state index contributed by atoms with van der Waals surface area (Å²) in [6, 6.07) is 2.67. The molecule has 0 radical (unpaired) electrons. The van der Waals surface area contributed by atoms with Crippen LogP contribution in [0.25, 0.3) is 10.2 Å². The molecule has 2 heterocycles. The molecule has 0 fully saturated rings. The van der Waals surface area contributed by atoms with Crippen molar-refractivity contribution in [2.24, 2.45) is 0 Å². The molecule has 0 bridgehead atoms. The maximum atomic E-state index is 12.9. The number of aryl methyl sites for hydroxylation is 1. The van der Waals surface area contributed by atoms with E-state index in [1.165, 1.54) is 0 Å². The lowest BCUT2D eigenvalue weighted by molar-refractivity contribution is -0.137. The van der Waals surface area contributed by atoms with Gasteiger partial charge in [0.05, 0.1) is 33.1 Å². The second-order valence-corrected chi connectivity index (χ2v) is 8.04. The Morgan fingerprint density at radius 2 is 2.03 bits per heavy atom. The number of rotatable bonds is 4. The second kappa shape index (κ2) is 7.77. The number of nitrogens with one attached hydrogen (secondary N) is 2. The number of alkyl halides is 3. The molecule has 0 saturated heterocycles. The van der Waals surface area contributed by atoms with E-state index in [1.54, 1.807) is 6.92 Å². The molecular weight excluding hydrogens is 429 g/mol. The number of aromatic nitrogens is 2. The number of amides is 1. The van der Waals surface area contributed by atoms with Crippen LogP contribution in [0.2, 0.25) is 5.02 Å². The largest absolute Gasteiger partial charge is 0.416 e. The Bertz CT molecular complexity index is 1150. The predicted octanol–water partition coefficient (Wildman–Crippen LogP) is 4.28. The third kappa shape index (κ3) is 4.44. The lowest BCUT2D eigenvalue weighted by atomic mass is 10.1. The number of carbonyl (C=O) groups excluding carboxylic acids is 1.